The van der Waals surface area contributed by atoms with E-state index in [0.717, 1.165) is 22.1 Å². The average Bonchev–Trinajstić information content (AvgIpc) is 3.03. The van der Waals surface area contributed by atoms with E-state index in [1.807, 2.05) is 30.3 Å². The summed E-state index contributed by atoms with van der Waals surface area (Å²) in [7, 11) is 0. The zero-order valence-electron chi connectivity index (χ0n) is 12.4. The van der Waals surface area contributed by atoms with Gasteiger partial charge in [0.05, 0.1) is 17.3 Å². The molecule has 0 aliphatic heterocycles. The summed E-state index contributed by atoms with van der Waals surface area (Å²) in [5.74, 6) is -0.532. The molecule has 2 aromatic carbocycles. The first kappa shape index (κ1) is 14.7. The SMILES string of the molecule is C=CC(=O)Cc1cccc(-c2ccc(C(N)=O)c3[nH]ncc23)c1. The monoisotopic (exact) mass is 305 g/mol. The molecular formula is C18H15N3O2. The van der Waals surface area contributed by atoms with Gasteiger partial charge in [-0.2, -0.15) is 5.10 Å². The minimum absolute atomic E-state index is 0.0281. The molecule has 0 spiro atoms. The second-order valence-electron chi connectivity index (χ2n) is 5.23. The largest absolute Gasteiger partial charge is 0.366 e. The number of hydrogen-bond acceptors (Lipinski definition) is 3. The summed E-state index contributed by atoms with van der Waals surface area (Å²) in [5.41, 5.74) is 9.18. The molecule has 1 amide bonds. The molecule has 0 saturated carbocycles. The molecule has 0 unspecified atom stereocenters. The van der Waals surface area contributed by atoms with E-state index in [9.17, 15) is 9.59 Å². The Morgan fingerprint density at radius 3 is 2.83 bits per heavy atom. The van der Waals surface area contributed by atoms with Crippen molar-refractivity contribution in [1.29, 1.82) is 0 Å². The lowest BCUT2D eigenvalue weighted by molar-refractivity contribution is -0.114. The Bertz CT molecular complexity index is 925. The number of nitrogens with one attached hydrogen (secondary N) is 1. The highest BCUT2D eigenvalue weighted by molar-refractivity contribution is 6.08. The van der Waals surface area contributed by atoms with E-state index in [2.05, 4.69) is 16.8 Å². The summed E-state index contributed by atoms with van der Waals surface area (Å²) >= 11 is 0. The summed E-state index contributed by atoms with van der Waals surface area (Å²) in [6.45, 7) is 3.49. The van der Waals surface area contributed by atoms with E-state index in [4.69, 9.17) is 5.73 Å². The highest BCUT2D eigenvalue weighted by Crippen LogP contribution is 2.30. The fraction of sp³-hybridized carbons (Fsp3) is 0.0556. The number of H-pyrrole nitrogens is 1. The maximum absolute atomic E-state index is 11.5. The van der Waals surface area contributed by atoms with Gasteiger partial charge in [-0.1, -0.05) is 36.9 Å². The van der Waals surface area contributed by atoms with Crippen LogP contribution in [-0.2, 0) is 11.2 Å². The number of primary amides is 1. The number of allylic oxidation sites excluding steroid dienone is 1. The van der Waals surface area contributed by atoms with Gasteiger partial charge in [0.25, 0.3) is 5.91 Å². The molecule has 0 saturated heterocycles. The minimum Gasteiger partial charge on any atom is -0.366 e. The maximum atomic E-state index is 11.5. The number of benzene rings is 2. The van der Waals surface area contributed by atoms with E-state index < -0.39 is 5.91 Å². The van der Waals surface area contributed by atoms with E-state index >= 15 is 0 Å². The van der Waals surface area contributed by atoms with Gasteiger partial charge in [-0.3, -0.25) is 14.7 Å². The van der Waals surface area contributed by atoms with E-state index in [1.54, 1.807) is 12.3 Å². The number of aromatic nitrogens is 2. The van der Waals surface area contributed by atoms with Crippen LogP contribution in [0.15, 0.2) is 55.3 Å². The number of ketones is 1. The number of rotatable bonds is 5. The van der Waals surface area contributed by atoms with Gasteiger partial charge in [-0.15, -0.1) is 0 Å². The van der Waals surface area contributed by atoms with Gasteiger partial charge in [-0.25, -0.2) is 0 Å². The third-order valence-corrected chi connectivity index (χ3v) is 3.72. The maximum Gasteiger partial charge on any atom is 0.250 e. The van der Waals surface area contributed by atoms with Gasteiger partial charge in [-0.05, 0) is 28.8 Å². The van der Waals surface area contributed by atoms with Crippen LogP contribution in [0.2, 0.25) is 0 Å². The smallest absolute Gasteiger partial charge is 0.250 e. The molecule has 0 radical (unpaired) electrons. The number of hydrogen-bond donors (Lipinski definition) is 2. The Hall–Kier alpha value is -3.21. The molecule has 23 heavy (non-hydrogen) atoms. The minimum atomic E-state index is -0.504. The summed E-state index contributed by atoms with van der Waals surface area (Å²) in [5, 5.41) is 7.65. The van der Waals surface area contributed by atoms with Crippen LogP contribution in [0, 0.1) is 0 Å². The molecule has 0 bridgehead atoms. The van der Waals surface area contributed by atoms with Crippen molar-refractivity contribution in [2.45, 2.75) is 6.42 Å². The topological polar surface area (TPSA) is 88.8 Å². The average molecular weight is 305 g/mol. The molecule has 1 heterocycles. The molecule has 0 atom stereocenters. The molecule has 5 nitrogen and oxygen atoms in total. The van der Waals surface area contributed by atoms with Crippen LogP contribution in [0.3, 0.4) is 0 Å². The first-order valence-corrected chi connectivity index (χ1v) is 7.10. The Balaban J connectivity index is 2.11. The Kier molecular flexibility index (Phi) is 3.76. The van der Waals surface area contributed by atoms with Crippen LogP contribution in [0.5, 0.6) is 0 Å². The quantitative estimate of drug-likeness (QED) is 0.710. The standard InChI is InChI=1S/C18H15N3O2/c1-2-13(22)9-11-4-3-5-12(8-11)14-6-7-15(18(19)23)17-16(14)10-20-21-17/h2-8,10H,1,9H2,(H2,19,23)(H,20,21). The fourth-order valence-electron chi connectivity index (χ4n) is 2.61. The van der Waals surface area contributed by atoms with E-state index in [1.165, 1.54) is 6.08 Å². The van der Waals surface area contributed by atoms with Crippen molar-refractivity contribution in [1.82, 2.24) is 10.2 Å². The summed E-state index contributed by atoms with van der Waals surface area (Å²) in [6, 6.07) is 11.2. The number of carbonyl (C=O) groups is 2. The molecule has 0 aliphatic rings. The van der Waals surface area contributed by atoms with Gasteiger partial charge in [0.1, 0.15) is 0 Å². The summed E-state index contributed by atoms with van der Waals surface area (Å²) in [6.07, 6.45) is 3.30. The zero-order valence-corrected chi connectivity index (χ0v) is 12.4. The van der Waals surface area contributed by atoms with Gasteiger partial charge < -0.3 is 5.73 Å². The van der Waals surface area contributed by atoms with Crippen molar-refractivity contribution in [3.8, 4) is 11.1 Å². The molecule has 0 fully saturated rings. The fourth-order valence-corrected chi connectivity index (χ4v) is 2.61. The van der Waals surface area contributed by atoms with Crippen molar-refractivity contribution in [2.75, 3.05) is 0 Å². The van der Waals surface area contributed by atoms with Crippen LogP contribution >= 0.6 is 0 Å². The Morgan fingerprint density at radius 1 is 1.26 bits per heavy atom. The van der Waals surface area contributed by atoms with Gasteiger partial charge in [0.2, 0.25) is 0 Å². The predicted octanol–water partition coefficient (Wildman–Crippen LogP) is 2.63. The Labute approximate surface area is 132 Å². The summed E-state index contributed by atoms with van der Waals surface area (Å²) in [4.78, 5) is 23.0. The van der Waals surface area contributed by atoms with Crippen LogP contribution in [0.4, 0.5) is 0 Å². The third-order valence-electron chi connectivity index (χ3n) is 3.72. The van der Waals surface area contributed by atoms with Crippen LogP contribution in [-0.4, -0.2) is 21.9 Å². The molecule has 3 aromatic rings. The van der Waals surface area contributed by atoms with Gasteiger partial charge >= 0.3 is 0 Å². The first-order chi connectivity index (χ1) is 11.1. The predicted molar refractivity (Wildman–Crippen MR) is 89.0 cm³/mol. The lowest BCUT2D eigenvalue weighted by Crippen LogP contribution is -2.11. The molecule has 114 valence electrons. The van der Waals surface area contributed by atoms with Crippen molar-refractivity contribution in [3.05, 3.63) is 66.4 Å². The van der Waals surface area contributed by atoms with Gasteiger partial charge in [0, 0.05) is 11.8 Å². The molecule has 3 N–H and O–H groups in total. The highest BCUT2D eigenvalue weighted by Gasteiger charge is 2.13. The zero-order chi connectivity index (χ0) is 16.4. The highest BCUT2D eigenvalue weighted by atomic mass is 16.1. The number of fused-ring (bicyclic) bond motifs is 1. The van der Waals surface area contributed by atoms with Crippen molar-refractivity contribution < 1.29 is 9.59 Å². The lowest BCUT2D eigenvalue weighted by atomic mass is 9.96. The first-order valence-electron chi connectivity index (χ1n) is 7.10. The van der Waals surface area contributed by atoms with E-state index in [-0.39, 0.29) is 5.78 Å². The molecule has 5 heteroatoms. The van der Waals surface area contributed by atoms with Crippen LogP contribution in [0.1, 0.15) is 15.9 Å². The molecule has 0 aliphatic carbocycles. The number of nitrogens with two attached hydrogens (primary N) is 1. The van der Waals surface area contributed by atoms with Crippen molar-refractivity contribution in [2.24, 2.45) is 5.73 Å². The van der Waals surface area contributed by atoms with Crippen LogP contribution in [0.25, 0.3) is 22.0 Å². The van der Waals surface area contributed by atoms with Crippen LogP contribution < -0.4 is 5.73 Å². The normalized spacial score (nSPS) is 10.6. The number of carbonyl (C=O) groups excluding carboxylic acids is 2. The molecular weight excluding hydrogens is 290 g/mol. The molecule has 3 rings (SSSR count). The second-order valence-corrected chi connectivity index (χ2v) is 5.23. The van der Waals surface area contributed by atoms with Gasteiger partial charge in [0.15, 0.2) is 5.78 Å². The lowest BCUT2D eigenvalue weighted by Gasteiger charge is -2.07. The number of amides is 1. The Morgan fingerprint density at radius 2 is 2.09 bits per heavy atom. The second kappa shape index (κ2) is 5.88. The van der Waals surface area contributed by atoms with Crippen molar-refractivity contribution in [3.63, 3.8) is 0 Å². The summed E-state index contributed by atoms with van der Waals surface area (Å²) < 4.78 is 0. The number of aromatic amines is 1. The third kappa shape index (κ3) is 2.76. The molecule has 1 aromatic heterocycles. The number of nitrogens with zero attached hydrogens (tertiary/aromatic N) is 1. The van der Waals surface area contributed by atoms with Crippen molar-refractivity contribution >= 4 is 22.6 Å². The van der Waals surface area contributed by atoms with E-state index in [0.29, 0.717) is 17.5 Å².